The zero-order valence-electron chi connectivity index (χ0n) is 14.1. The molecule has 0 spiro atoms. The van der Waals surface area contributed by atoms with Crippen LogP contribution in [0, 0.1) is 5.92 Å². The third-order valence-electron chi connectivity index (χ3n) is 4.39. The molecule has 1 atom stereocenters. The Balaban J connectivity index is 2.38. The molecule has 0 aromatic rings. The van der Waals surface area contributed by atoms with Crippen LogP contribution in [0.25, 0.3) is 0 Å². The number of hydrogen-bond acceptors (Lipinski definition) is 2. The molecule has 0 bridgehead atoms. The number of nitrogens with one attached hydrogen (secondary N) is 2. The topological polar surface area (TPSA) is 39.7 Å². The van der Waals surface area contributed by atoms with Gasteiger partial charge in [0.25, 0.3) is 0 Å². The number of hydrogen-bond donors (Lipinski definition) is 2. The first kappa shape index (κ1) is 17.3. The molecule has 4 heteroatoms. The van der Waals surface area contributed by atoms with Crippen LogP contribution < -0.4 is 10.6 Å². The molecule has 0 saturated heterocycles. The summed E-state index contributed by atoms with van der Waals surface area (Å²) in [4.78, 5) is 7.21. The van der Waals surface area contributed by atoms with Crippen molar-refractivity contribution in [2.75, 3.05) is 26.7 Å². The van der Waals surface area contributed by atoms with E-state index < -0.39 is 0 Å². The molecule has 0 aromatic carbocycles. The van der Waals surface area contributed by atoms with Crippen LogP contribution in [0.2, 0.25) is 0 Å². The summed E-state index contributed by atoms with van der Waals surface area (Å²) in [5.41, 5.74) is 0. The molecule has 1 rings (SSSR count). The molecule has 0 aromatic heterocycles. The average Bonchev–Trinajstić information content (AvgIpc) is 3.29. The first-order valence-corrected chi connectivity index (χ1v) is 8.36. The maximum atomic E-state index is 4.72. The van der Waals surface area contributed by atoms with Gasteiger partial charge in [0.2, 0.25) is 0 Å². The van der Waals surface area contributed by atoms with Crippen molar-refractivity contribution in [2.24, 2.45) is 10.9 Å². The lowest BCUT2D eigenvalue weighted by Gasteiger charge is -2.25. The van der Waals surface area contributed by atoms with Crippen molar-refractivity contribution in [3.8, 4) is 0 Å². The molecule has 4 nitrogen and oxygen atoms in total. The van der Waals surface area contributed by atoms with Crippen LogP contribution in [0.5, 0.6) is 0 Å². The van der Waals surface area contributed by atoms with Gasteiger partial charge in [-0.3, -0.25) is 9.89 Å². The van der Waals surface area contributed by atoms with E-state index in [1.54, 1.807) is 0 Å². The highest BCUT2D eigenvalue weighted by atomic mass is 15.2. The van der Waals surface area contributed by atoms with E-state index in [-0.39, 0.29) is 0 Å². The van der Waals surface area contributed by atoms with Crippen LogP contribution in [0.3, 0.4) is 0 Å². The molecule has 1 saturated carbocycles. The van der Waals surface area contributed by atoms with Crippen LogP contribution >= 0.6 is 0 Å². The predicted molar refractivity (Wildman–Crippen MR) is 88.3 cm³/mol. The van der Waals surface area contributed by atoms with E-state index in [0.717, 1.165) is 31.6 Å². The van der Waals surface area contributed by atoms with Crippen molar-refractivity contribution in [2.45, 2.75) is 65.5 Å². The summed E-state index contributed by atoms with van der Waals surface area (Å²) >= 11 is 0. The standard InChI is InChI=1S/C16H34N4/c1-6-14(7-2)12-19-16(17-8-3)18-11-13(4)20(5)15-9-10-15/h13-15H,6-12H2,1-5H3,(H2,17,18,19). The number of likely N-dealkylation sites (N-methyl/N-ethyl adjacent to an activating group) is 1. The van der Waals surface area contributed by atoms with Crippen molar-refractivity contribution in [3.05, 3.63) is 0 Å². The van der Waals surface area contributed by atoms with Crippen molar-refractivity contribution >= 4 is 5.96 Å². The van der Waals surface area contributed by atoms with Crippen LogP contribution in [0.4, 0.5) is 0 Å². The van der Waals surface area contributed by atoms with E-state index >= 15 is 0 Å². The highest BCUT2D eigenvalue weighted by Crippen LogP contribution is 2.26. The van der Waals surface area contributed by atoms with E-state index in [9.17, 15) is 0 Å². The molecular weight excluding hydrogens is 248 g/mol. The largest absolute Gasteiger partial charge is 0.357 e. The smallest absolute Gasteiger partial charge is 0.191 e. The van der Waals surface area contributed by atoms with Gasteiger partial charge >= 0.3 is 0 Å². The molecule has 0 aliphatic heterocycles. The van der Waals surface area contributed by atoms with Gasteiger partial charge in [0, 0.05) is 31.7 Å². The number of rotatable bonds is 9. The van der Waals surface area contributed by atoms with Crippen LogP contribution in [0.1, 0.15) is 53.4 Å². The van der Waals surface area contributed by atoms with Gasteiger partial charge < -0.3 is 10.6 Å². The molecule has 0 amide bonds. The minimum Gasteiger partial charge on any atom is -0.357 e. The first-order valence-electron chi connectivity index (χ1n) is 8.36. The summed E-state index contributed by atoms with van der Waals surface area (Å²) in [5.74, 6) is 1.67. The lowest BCUT2D eigenvalue weighted by atomic mass is 10.0. The Labute approximate surface area is 125 Å². The lowest BCUT2D eigenvalue weighted by molar-refractivity contribution is 0.247. The number of guanidine groups is 1. The fourth-order valence-electron chi connectivity index (χ4n) is 2.34. The van der Waals surface area contributed by atoms with Gasteiger partial charge in [0.1, 0.15) is 0 Å². The maximum absolute atomic E-state index is 4.72. The summed E-state index contributed by atoms with van der Waals surface area (Å²) in [6.07, 6.45) is 5.15. The summed E-state index contributed by atoms with van der Waals surface area (Å²) in [7, 11) is 2.23. The molecule has 1 unspecified atom stereocenters. The summed E-state index contributed by atoms with van der Waals surface area (Å²) in [5, 5.41) is 6.83. The van der Waals surface area contributed by atoms with Crippen LogP contribution in [-0.4, -0.2) is 49.6 Å². The zero-order chi connectivity index (χ0) is 15.0. The third-order valence-corrected chi connectivity index (χ3v) is 4.39. The Kier molecular flexibility index (Phi) is 7.97. The fourth-order valence-corrected chi connectivity index (χ4v) is 2.34. The van der Waals surface area contributed by atoms with Crippen molar-refractivity contribution in [3.63, 3.8) is 0 Å². The minimum absolute atomic E-state index is 0.555. The summed E-state index contributed by atoms with van der Waals surface area (Å²) in [6, 6.07) is 1.37. The van der Waals surface area contributed by atoms with E-state index in [4.69, 9.17) is 4.99 Å². The van der Waals surface area contributed by atoms with Gasteiger partial charge in [-0.25, -0.2) is 0 Å². The highest BCUT2D eigenvalue weighted by Gasteiger charge is 2.28. The quantitative estimate of drug-likeness (QED) is 0.504. The third kappa shape index (κ3) is 6.12. The maximum Gasteiger partial charge on any atom is 0.191 e. The normalized spacial score (nSPS) is 17.6. The average molecular weight is 282 g/mol. The van der Waals surface area contributed by atoms with Gasteiger partial charge in [-0.2, -0.15) is 0 Å². The van der Waals surface area contributed by atoms with E-state index in [1.807, 2.05) is 0 Å². The Bertz CT molecular complexity index is 282. The SMILES string of the molecule is CCNC(=NCC(CC)CC)NCC(C)N(C)C1CC1. The molecule has 1 aliphatic carbocycles. The van der Waals surface area contributed by atoms with Gasteiger partial charge in [0.05, 0.1) is 0 Å². The predicted octanol–water partition coefficient (Wildman–Crippen LogP) is 2.46. The van der Waals surface area contributed by atoms with Gasteiger partial charge in [-0.15, -0.1) is 0 Å². The minimum atomic E-state index is 0.555. The molecule has 1 aliphatic rings. The molecule has 0 radical (unpaired) electrons. The molecule has 20 heavy (non-hydrogen) atoms. The van der Waals surface area contributed by atoms with Crippen LogP contribution in [-0.2, 0) is 0 Å². The van der Waals surface area contributed by atoms with E-state index in [1.165, 1.54) is 25.7 Å². The number of nitrogens with zero attached hydrogens (tertiary/aromatic N) is 2. The summed E-state index contributed by atoms with van der Waals surface area (Å²) < 4.78 is 0. The van der Waals surface area contributed by atoms with E-state index in [2.05, 4.69) is 50.3 Å². The molecule has 1 fully saturated rings. The molecule has 0 heterocycles. The van der Waals surface area contributed by atoms with E-state index in [0.29, 0.717) is 12.0 Å². The fraction of sp³-hybridized carbons (Fsp3) is 0.938. The molecular formula is C16H34N4. The Morgan fingerprint density at radius 2 is 1.85 bits per heavy atom. The van der Waals surface area contributed by atoms with Crippen molar-refractivity contribution < 1.29 is 0 Å². The monoisotopic (exact) mass is 282 g/mol. The van der Waals surface area contributed by atoms with Gasteiger partial charge in [0.15, 0.2) is 5.96 Å². The second-order valence-electron chi connectivity index (χ2n) is 6.03. The first-order chi connectivity index (χ1) is 9.62. The molecule has 2 N–H and O–H groups in total. The van der Waals surface area contributed by atoms with Crippen molar-refractivity contribution in [1.29, 1.82) is 0 Å². The second kappa shape index (κ2) is 9.22. The van der Waals surface area contributed by atoms with Crippen LogP contribution in [0.15, 0.2) is 4.99 Å². The summed E-state index contributed by atoms with van der Waals surface area (Å²) in [6.45, 7) is 11.7. The Morgan fingerprint density at radius 1 is 1.20 bits per heavy atom. The highest BCUT2D eigenvalue weighted by molar-refractivity contribution is 5.79. The lowest BCUT2D eigenvalue weighted by Crippen LogP contribution is -2.45. The second-order valence-corrected chi connectivity index (χ2v) is 6.03. The number of aliphatic imine (C=N–C) groups is 1. The Hall–Kier alpha value is -0.770. The van der Waals surface area contributed by atoms with Gasteiger partial charge in [-0.05, 0) is 39.7 Å². The molecule has 118 valence electrons. The zero-order valence-corrected chi connectivity index (χ0v) is 14.1. The Morgan fingerprint density at radius 3 is 2.35 bits per heavy atom. The van der Waals surface area contributed by atoms with Gasteiger partial charge in [-0.1, -0.05) is 26.7 Å². The van der Waals surface area contributed by atoms with Crippen molar-refractivity contribution in [1.82, 2.24) is 15.5 Å².